The highest BCUT2D eigenvalue weighted by atomic mass is 19.1. The fraction of sp³-hybridized carbons (Fsp3) is 0.385. The molecule has 1 aromatic rings. The zero-order valence-electron chi connectivity index (χ0n) is 10.8. The van der Waals surface area contributed by atoms with Crippen LogP contribution in [-0.2, 0) is 9.59 Å². The molecule has 1 aliphatic rings. The largest absolute Gasteiger partial charge is 0.374 e. The summed E-state index contributed by atoms with van der Waals surface area (Å²) in [4.78, 5) is 25.7. The molecule has 1 saturated heterocycles. The van der Waals surface area contributed by atoms with Gasteiger partial charge in [-0.1, -0.05) is 0 Å². The molecule has 20 heavy (non-hydrogen) atoms. The van der Waals surface area contributed by atoms with Crippen LogP contribution in [0.25, 0.3) is 0 Å². The fourth-order valence-electron chi connectivity index (χ4n) is 1.99. The van der Waals surface area contributed by atoms with Gasteiger partial charge in [-0.25, -0.2) is 8.78 Å². The SMILES string of the molecule is O=CN1CCN(C(=O)CNc2ccc(F)cc2F)CC1. The first kappa shape index (κ1) is 14.2. The number of carbonyl (C=O) groups is 2. The van der Waals surface area contributed by atoms with Crippen molar-refractivity contribution in [3.8, 4) is 0 Å². The van der Waals surface area contributed by atoms with Gasteiger partial charge in [0.1, 0.15) is 11.6 Å². The Morgan fingerprint density at radius 1 is 1.25 bits per heavy atom. The maximum atomic E-state index is 13.4. The second-order valence-electron chi connectivity index (χ2n) is 4.50. The van der Waals surface area contributed by atoms with Crippen molar-refractivity contribution in [1.82, 2.24) is 9.80 Å². The van der Waals surface area contributed by atoms with Crippen LogP contribution in [-0.4, -0.2) is 54.8 Å². The molecule has 108 valence electrons. The summed E-state index contributed by atoms with van der Waals surface area (Å²) in [5, 5.41) is 2.65. The normalized spacial score (nSPS) is 15.1. The van der Waals surface area contributed by atoms with E-state index in [4.69, 9.17) is 0 Å². The highest BCUT2D eigenvalue weighted by molar-refractivity contribution is 5.81. The molecule has 1 aliphatic heterocycles. The van der Waals surface area contributed by atoms with Crippen LogP contribution in [0.2, 0.25) is 0 Å². The minimum absolute atomic E-state index is 0.0658. The van der Waals surface area contributed by atoms with Crippen molar-refractivity contribution >= 4 is 18.0 Å². The van der Waals surface area contributed by atoms with E-state index in [0.29, 0.717) is 26.2 Å². The molecule has 0 aromatic heterocycles. The number of hydrogen-bond acceptors (Lipinski definition) is 3. The molecule has 0 radical (unpaired) electrons. The van der Waals surface area contributed by atoms with Crippen LogP contribution in [0.4, 0.5) is 14.5 Å². The van der Waals surface area contributed by atoms with Gasteiger partial charge in [0.2, 0.25) is 12.3 Å². The van der Waals surface area contributed by atoms with Crippen LogP contribution in [0.5, 0.6) is 0 Å². The Balaban J connectivity index is 1.85. The van der Waals surface area contributed by atoms with Gasteiger partial charge in [-0.05, 0) is 12.1 Å². The van der Waals surface area contributed by atoms with Gasteiger partial charge >= 0.3 is 0 Å². The maximum Gasteiger partial charge on any atom is 0.241 e. The molecule has 0 bridgehead atoms. The summed E-state index contributed by atoms with van der Waals surface area (Å²) in [6.45, 7) is 1.86. The van der Waals surface area contributed by atoms with Gasteiger partial charge in [-0.15, -0.1) is 0 Å². The van der Waals surface area contributed by atoms with Gasteiger partial charge in [0.15, 0.2) is 0 Å². The molecule has 1 heterocycles. The monoisotopic (exact) mass is 283 g/mol. The molecule has 7 heteroatoms. The molecule has 0 atom stereocenters. The lowest BCUT2D eigenvalue weighted by atomic mass is 10.3. The van der Waals surface area contributed by atoms with E-state index in [9.17, 15) is 18.4 Å². The van der Waals surface area contributed by atoms with Crippen LogP contribution < -0.4 is 5.32 Å². The Morgan fingerprint density at radius 3 is 2.55 bits per heavy atom. The molecule has 1 N–H and O–H groups in total. The molecule has 0 saturated carbocycles. The number of halogens is 2. The first-order valence-electron chi connectivity index (χ1n) is 6.26. The van der Waals surface area contributed by atoms with E-state index >= 15 is 0 Å². The average molecular weight is 283 g/mol. The zero-order valence-corrected chi connectivity index (χ0v) is 10.8. The summed E-state index contributed by atoms with van der Waals surface area (Å²) < 4.78 is 26.1. The average Bonchev–Trinajstić information content (AvgIpc) is 2.46. The summed E-state index contributed by atoms with van der Waals surface area (Å²) in [5.74, 6) is -1.58. The molecule has 1 fully saturated rings. The number of nitrogens with one attached hydrogen (secondary N) is 1. The Hall–Kier alpha value is -2.18. The van der Waals surface area contributed by atoms with Crippen LogP contribution in [0.1, 0.15) is 0 Å². The zero-order chi connectivity index (χ0) is 14.5. The Bertz CT molecular complexity index is 502. The molecule has 2 amide bonds. The second kappa shape index (κ2) is 6.31. The Labute approximate surface area is 115 Å². The number of piperazine rings is 1. The Kier molecular flexibility index (Phi) is 4.49. The molecule has 0 spiro atoms. The lowest BCUT2D eigenvalue weighted by Crippen LogP contribution is -2.49. The second-order valence-corrected chi connectivity index (χ2v) is 4.50. The van der Waals surface area contributed by atoms with Crippen molar-refractivity contribution in [2.24, 2.45) is 0 Å². The number of rotatable bonds is 4. The molecular weight excluding hydrogens is 268 g/mol. The molecule has 2 rings (SSSR count). The molecule has 0 unspecified atom stereocenters. The van der Waals surface area contributed by atoms with E-state index in [1.807, 2.05) is 0 Å². The number of benzene rings is 1. The van der Waals surface area contributed by atoms with Gasteiger partial charge in [-0.2, -0.15) is 0 Å². The third kappa shape index (κ3) is 3.43. The molecule has 0 aliphatic carbocycles. The molecule has 1 aromatic carbocycles. The highest BCUT2D eigenvalue weighted by Crippen LogP contribution is 2.14. The standard InChI is InChI=1S/C13H15F2N3O2/c14-10-1-2-12(11(15)7-10)16-8-13(20)18-5-3-17(9-19)4-6-18/h1-2,7,9,16H,3-6,8H2. The lowest BCUT2D eigenvalue weighted by Gasteiger charge is -2.32. The first-order chi connectivity index (χ1) is 9.60. The van der Waals surface area contributed by atoms with E-state index < -0.39 is 11.6 Å². The smallest absolute Gasteiger partial charge is 0.241 e. The van der Waals surface area contributed by atoms with Crippen molar-refractivity contribution in [3.05, 3.63) is 29.8 Å². The fourth-order valence-corrected chi connectivity index (χ4v) is 1.99. The van der Waals surface area contributed by atoms with Crippen LogP contribution in [0.15, 0.2) is 18.2 Å². The van der Waals surface area contributed by atoms with Crippen molar-refractivity contribution < 1.29 is 18.4 Å². The lowest BCUT2D eigenvalue weighted by molar-refractivity contribution is -0.133. The van der Waals surface area contributed by atoms with Crippen molar-refractivity contribution in [3.63, 3.8) is 0 Å². The summed E-state index contributed by atoms with van der Waals surface area (Å²) in [6, 6.07) is 3.14. The third-order valence-electron chi connectivity index (χ3n) is 3.18. The van der Waals surface area contributed by atoms with E-state index in [0.717, 1.165) is 18.5 Å². The predicted molar refractivity (Wildman–Crippen MR) is 69.1 cm³/mol. The van der Waals surface area contributed by atoms with E-state index in [1.54, 1.807) is 9.80 Å². The maximum absolute atomic E-state index is 13.4. The summed E-state index contributed by atoms with van der Waals surface area (Å²) in [6.07, 6.45) is 0.758. The topological polar surface area (TPSA) is 52.7 Å². The van der Waals surface area contributed by atoms with E-state index in [2.05, 4.69) is 5.32 Å². The minimum Gasteiger partial charge on any atom is -0.374 e. The van der Waals surface area contributed by atoms with Gasteiger partial charge < -0.3 is 15.1 Å². The van der Waals surface area contributed by atoms with Gasteiger partial charge in [-0.3, -0.25) is 9.59 Å². The summed E-state index contributed by atoms with van der Waals surface area (Å²) >= 11 is 0. The van der Waals surface area contributed by atoms with Crippen molar-refractivity contribution in [1.29, 1.82) is 0 Å². The molecule has 5 nitrogen and oxygen atoms in total. The quantitative estimate of drug-likeness (QED) is 0.827. The van der Waals surface area contributed by atoms with Gasteiger partial charge in [0.25, 0.3) is 0 Å². The molecular formula is C13H15F2N3O2. The number of hydrogen-bond donors (Lipinski definition) is 1. The Morgan fingerprint density at radius 2 is 1.95 bits per heavy atom. The van der Waals surface area contributed by atoms with E-state index in [1.165, 1.54) is 6.07 Å². The van der Waals surface area contributed by atoms with Crippen molar-refractivity contribution in [2.45, 2.75) is 0 Å². The third-order valence-corrected chi connectivity index (χ3v) is 3.18. The first-order valence-corrected chi connectivity index (χ1v) is 6.26. The van der Waals surface area contributed by atoms with Gasteiger partial charge in [0, 0.05) is 32.2 Å². The van der Waals surface area contributed by atoms with Crippen LogP contribution >= 0.6 is 0 Å². The summed E-state index contributed by atoms with van der Waals surface area (Å²) in [5.41, 5.74) is 0.0891. The van der Waals surface area contributed by atoms with E-state index in [-0.39, 0.29) is 18.1 Å². The number of amides is 2. The highest BCUT2D eigenvalue weighted by Gasteiger charge is 2.19. The van der Waals surface area contributed by atoms with Crippen LogP contribution in [0, 0.1) is 11.6 Å². The van der Waals surface area contributed by atoms with Gasteiger partial charge in [0.05, 0.1) is 12.2 Å². The number of carbonyl (C=O) groups excluding carboxylic acids is 2. The van der Waals surface area contributed by atoms with Crippen LogP contribution in [0.3, 0.4) is 0 Å². The summed E-state index contributed by atoms with van der Waals surface area (Å²) in [7, 11) is 0. The minimum atomic E-state index is -0.733. The number of nitrogens with zero attached hydrogens (tertiary/aromatic N) is 2. The van der Waals surface area contributed by atoms with Crippen molar-refractivity contribution in [2.75, 3.05) is 38.0 Å². The predicted octanol–water partition coefficient (Wildman–Crippen LogP) is 0.677. The number of anilines is 1.